The van der Waals surface area contributed by atoms with Gasteiger partial charge in [-0.15, -0.1) is 0 Å². The molecule has 0 heterocycles. The first-order valence-corrected chi connectivity index (χ1v) is 7.27. The Morgan fingerprint density at radius 3 is 2.53 bits per heavy atom. The lowest BCUT2D eigenvalue weighted by molar-refractivity contribution is 0.161. The van der Waals surface area contributed by atoms with E-state index < -0.39 is 0 Å². The number of halogens is 2. The molecule has 108 valence electrons. The SMILES string of the molecule is CC(C)N(CCO)CCC(N)c1cccc(Cl)c1Cl. The molecule has 0 amide bonds. The first-order valence-electron chi connectivity index (χ1n) is 6.51. The van der Waals surface area contributed by atoms with Crippen LogP contribution in [0.1, 0.15) is 31.9 Å². The monoisotopic (exact) mass is 304 g/mol. The van der Waals surface area contributed by atoms with E-state index in [-0.39, 0.29) is 12.6 Å². The van der Waals surface area contributed by atoms with Crippen LogP contribution in [0.2, 0.25) is 10.0 Å². The fourth-order valence-electron chi connectivity index (χ4n) is 2.02. The molecule has 1 aromatic carbocycles. The van der Waals surface area contributed by atoms with E-state index >= 15 is 0 Å². The van der Waals surface area contributed by atoms with E-state index in [0.29, 0.717) is 22.6 Å². The van der Waals surface area contributed by atoms with Crippen LogP contribution in [-0.2, 0) is 0 Å². The van der Waals surface area contributed by atoms with E-state index in [0.717, 1.165) is 18.5 Å². The summed E-state index contributed by atoms with van der Waals surface area (Å²) >= 11 is 12.2. The molecule has 0 aromatic heterocycles. The van der Waals surface area contributed by atoms with Crippen molar-refractivity contribution in [2.75, 3.05) is 19.7 Å². The summed E-state index contributed by atoms with van der Waals surface area (Å²) in [6, 6.07) is 5.76. The molecule has 0 saturated heterocycles. The van der Waals surface area contributed by atoms with Gasteiger partial charge >= 0.3 is 0 Å². The van der Waals surface area contributed by atoms with Gasteiger partial charge in [-0.1, -0.05) is 35.3 Å². The van der Waals surface area contributed by atoms with E-state index in [4.69, 9.17) is 34.0 Å². The Kier molecular flexibility index (Phi) is 7.11. The molecule has 0 bridgehead atoms. The van der Waals surface area contributed by atoms with Crippen LogP contribution in [-0.4, -0.2) is 35.7 Å². The number of rotatable bonds is 7. The predicted molar refractivity (Wildman–Crippen MR) is 81.8 cm³/mol. The Balaban J connectivity index is 2.64. The molecule has 3 N–H and O–H groups in total. The zero-order valence-corrected chi connectivity index (χ0v) is 13.0. The summed E-state index contributed by atoms with van der Waals surface area (Å²) in [5, 5.41) is 10.1. The second-order valence-electron chi connectivity index (χ2n) is 4.89. The van der Waals surface area contributed by atoms with Gasteiger partial charge in [0, 0.05) is 25.2 Å². The van der Waals surface area contributed by atoms with Gasteiger partial charge in [0.1, 0.15) is 0 Å². The van der Waals surface area contributed by atoms with Gasteiger partial charge in [0.15, 0.2) is 0 Å². The Bertz CT molecular complexity index is 399. The smallest absolute Gasteiger partial charge is 0.0640 e. The van der Waals surface area contributed by atoms with Crippen LogP contribution in [0.5, 0.6) is 0 Å². The molecule has 0 fully saturated rings. The van der Waals surface area contributed by atoms with Gasteiger partial charge in [0.05, 0.1) is 16.7 Å². The van der Waals surface area contributed by atoms with Crippen molar-refractivity contribution in [3.63, 3.8) is 0 Å². The quantitative estimate of drug-likeness (QED) is 0.814. The molecule has 5 heteroatoms. The molecule has 3 nitrogen and oxygen atoms in total. The van der Waals surface area contributed by atoms with E-state index in [9.17, 15) is 0 Å². The number of hydrogen-bond donors (Lipinski definition) is 2. The average molecular weight is 305 g/mol. The highest BCUT2D eigenvalue weighted by Crippen LogP contribution is 2.30. The topological polar surface area (TPSA) is 49.5 Å². The molecule has 0 aliphatic rings. The standard InChI is InChI=1S/C14H22Cl2N2O/c1-10(2)18(8-9-19)7-6-13(17)11-4-3-5-12(15)14(11)16/h3-5,10,13,19H,6-9,17H2,1-2H3. The van der Waals surface area contributed by atoms with E-state index in [2.05, 4.69) is 18.7 Å². The van der Waals surface area contributed by atoms with Crippen molar-refractivity contribution in [2.45, 2.75) is 32.4 Å². The Morgan fingerprint density at radius 2 is 1.95 bits per heavy atom. The third kappa shape index (κ3) is 4.93. The summed E-state index contributed by atoms with van der Waals surface area (Å²) in [6.45, 7) is 5.85. The van der Waals surface area contributed by atoms with Gasteiger partial charge in [-0.3, -0.25) is 4.90 Å². The number of benzene rings is 1. The summed E-state index contributed by atoms with van der Waals surface area (Å²) in [7, 11) is 0. The Labute approximate surface area is 125 Å². The van der Waals surface area contributed by atoms with Crippen molar-refractivity contribution in [1.29, 1.82) is 0 Å². The molecular formula is C14H22Cl2N2O. The lowest BCUT2D eigenvalue weighted by Crippen LogP contribution is -2.35. The van der Waals surface area contributed by atoms with Crippen LogP contribution in [0.3, 0.4) is 0 Å². The first-order chi connectivity index (χ1) is 8.97. The molecule has 0 saturated carbocycles. The van der Waals surface area contributed by atoms with Crippen LogP contribution < -0.4 is 5.73 Å². The van der Waals surface area contributed by atoms with Crippen molar-refractivity contribution in [3.8, 4) is 0 Å². The van der Waals surface area contributed by atoms with Gasteiger partial charge in [-0.2, -0.15) is 0 Å². The van der Waals surface area contributed by atoms with Crippen molar-refractivity contribution < 1.29 is 5.11 Å². The molecule has 1 unspecified atom stereocenters. The van der Waals surface area contributed by atoms with Gasteiger partial charge in [-0.25, -0.2) is 0 Å². The highest BCUT2D eigenvalue weighted by Gasteiger charge is 2.15. The summed E-state index contributed by atoms with van der Waals surface area (Å²) in [5.41, 5.74) is 7.05. The molecular weight excluding hydrogens is 283 g/mol. The summed E-state index contributed by atoms with van der Waals surface area (Å²) in [6.07, 6.45) is 0.776. The van der Waals surface area contributed by atoms with Crippen molar-refractivity contribution in [3.05, 3.63) is 33.8 Å². The second kappa shape index (κ2) is 8.08. The van der Waals surface area contributed by atoms with Crippen molar-refractivity contribution in [2.24, 2.45) is 5.73 Å². The normalized spacial score (nSPS) is 13.3. The number of nitrogens with zero attached hydrogens (tertiary/aromatic N) is 1. The van der Waals surface area contributed by atoms with Gasteiger partial charge in [0.25, 0.3) is 0 Å². The summed E-state index contributed by atoms with van der Waals surface area (Å²) in [4.78, 5) is 2.19. The number of nitrogens with two attached hydrogens (primary N) is 1. The zero-order chi connectivity index (χ0) is 14.4. The summed E-state index contributed by atoms with van der Waals surface area (Å²) < 4.78 is 0. The van der Waals surface area contributed by atoms with Crippen molar-refractivity contribution in [1.82, 2.24) is 4.90 Å². The molecule has 0 aliphatic carbocycles. The van der Waals surface area contributed by atoms with E-state index in [1.165, 1.54) is 0 Å². The van der Waals surface area contributed by atoms with Crippen LogP contribution >= 0.6 is 23.2 Å². The molecule has 1 atom stereocenters. The molecule has 0 radical (unpaired) electrons. The van der Waals surface area contributed by atoms with Crippen LogP contribution in [0.4, 0.5) is 0 Å². The maximum absolute atomic E-state index is 9.04. The van der Waals surface area contributed by atoms with E-state index in [1.807, 2.05) is 12.1 Å². The average Bonchev–Trinajstić information content (AvgIpc) is 2.37. The maximum Gasteiger partial charge on any atom is 0.0640 e. The highest BCUT2D eigenvalue weighted by molar-refractivity contribution is 6.42. The lowest BCUT2D eigenvalue weighted by atomic mass is 10.0. The zero-order valence-electron chi connectivity index (χ0n) is 11.4. The Hall–Kier alpha value is -0.320. The minimum Gasteiger partial charge on any atom is -0.395 e. The molecule has 19 heavy (non-hydrogen) atoms. The molecule has 0 spiro atoms. The number of aliphatic hydroxyl groups excluding tert-OH is 1. The van der Waals surface area contributed by atoms with Gasteiger partial charge in [-0.05, 0) is 31.9 Å². The number of aliphatic hydroxyl groups is 1. The third-order valence-corrected chi connectivity index (χ3v) is 4.06. The largest absolute Gasteiger partial charge is 0.395 e. The predicted octanol–water partition coefficient (Wildman–Crippen LogP) is 3.09. The highest BCUT2D eigenvalue weighted by atomic mass is 35.5. The van der Waals surface area contributed by atoms with Crippen molar-refractivity contribution >= 4 is 23.2 Å². The minimum absolute atomic E-state index is 0.147. The van der Waals surface area contributed by atoms with Crippen LogP contribution in [0.15, 0.2) is 18.2 Å². The molecule has 1 rings (SSSR count). The summed E-state index contributed by atoms with van der Waals surface area (Å²) in [5.74, 6) is 0. The van der Waals surface area contributed by atoms with Gasteiger partial charge in [0.2, 0.25) is 0 Å². The maximum atomic E-state index is 9.04. The number of hydrogen-bond acceptors (Lipinski definition) is 3. The lowest BCUT2D eigenvalue weighted by Gasteiger charge is -2.27. The second-order valence-corrected chi connectivity index (χ2v) is 5.68. The van der Waals surface area contributed by atoms with Crippen LogP contribution in [0, 0.1) is 0 Å². The fourth-order valence-corrected chi connectivity index (χ4v) is 2.47. The van der Waals surface area contributed by atoms with Gasteiger partial charge < -0.3 is 10.8 Å². The van der Waals surface area contributed by atoms with Crippen LogP contribution in [0.25, 0.3) is 0 Å². The third-order valence-electron chi connectivity index (χ3n) is 3.23. The Morgan fingerprint density at radius 1 is 1.26 bits per heavy atom. The first kappa shape index (κ1) is 16.7. The molecule has 0 aliphatic heterocycles. The molecule has 1 aromatic rings. The fraction of sp³-hybridized carbons (Fsp3) is 0.571. The van der Waals surface area contributed by atoms with E-state index in [1.54, 1.807) is 6.07 Å². The minimum atomic E-state index is -0.147.